The maximum Gasteiger partial charge on any atom is 0.354 e. The van der Waals surface area contributed by atoms with Crippen LogP contribution >= 0.6 is 22.7 Å². The molecule has 0 saturated heterocycles. The first kappa shape index (κ1) is 16.6. The number of aryl methyl sites for hydroxylation is 2. The third-order valence-corrected chi connectivity index (χ3v) is 5.40. The number of hydrogen-bond donors (Lipinski definition) is 1. The van der Waals surface area contributed by atoms with E-state index in [1.54, 1.807) is 6.07 Å². The summed E-state index contributed by atoms with van der Waals surface area (Å²) in [6, 6.07) is 9.63. The van der Waals surface area contributed by atoms with Crippen molar-refractivity contribution in [3.63, 3.8) is 0 Å². The number of nitrogens with zero attached hydrogens (tertiary/aromatic N) is 2. The molecule has 0 spiro atoms. The molecule has 0 aliphatic carbocycles. The van der Waals surface area contributed by atoms with E-state index < -0.39 is 0 Å². The molecular formula is C17H18N3O2S2+. The summed E-state index contributed by atoms with van der Waals surface area (Å²) in [6.45, 7) is 4.59. The van der Waals surface area contributed by atoms with Crippen LogP contribution in [0.5, 0.6) is 5.75 Å². The fourth-order valence-corrected chi connectivity index (χ4v) is 3.52. The Labute approximate surface area is 148 Å². The van der Waals surface area contributed by atoms with Crippen molar-refractivity contribution in [3.8, 4) is 5.75 Å². The Balaban J connectivity index is 1.65. The number of nitrogen functional groups attached to an aromatic ring is 1. The number of carbonyl (C=O) groups is 1. The Morgan fingerprint density at radius 1 is 1.29 bits per heavy atom. The van der Waals surface area contributed by atoms with E-state index in [1.807, 2.05) is 36.6 Å². The average molecular weight is 360 g/mol. The zero-order valence-electron chi connectivity index (χ0n) is 13.5. The predicted octanol–water partition coefficient (Wildman–Crippen LogP) is 3.15. The lowest BCUT2D eigenvalue weighted by atomic mass is 10.1. The van der Waals surface area contributed by atoms with Gasteiger partial charge in [0.15, 0.2) is 11.6 Å². The highest BCUT2D eigenvalue weighted by Crippen LogP contribution is 2.19. The maximum absolute atomic E-state index is 12.2. The SMILES string of the molecule is Cc1ccc(OCc2n[n+](CC(=O)c3cccs3)c(N)s2)cc1C. The second kappa shape index (κ2) is 7.11. The van der Waals surface area contributed by atoms with Crippen LogP contribution in [0, 0.1) is 13.8 Å². The van der Waals surface area contributed by atoms with Crippen LogP contribution in [0.15, 0.2) is 35.7 Å². The first-order valence-corrected chi connectivity index (χ1v) is 9.14. The zero-order chi connectivity index (χ0) is 17.1. The minimum absolute atomic E-state index is 0.00799. The van der Waals surface area contributed by atoms with Crippen molar-refractivity contribution in [1.29, 1.82) is 0 Å². The van der Waals surface area contributed by atoms with Crippen molar-refractivity contribution < 1.29 is 14.2 Å². The lowest BCUT2D eigenvalue weighted by molar-refractivity contribution is -0.723. The number of benzene rings is 1. The van der Waals surface area contributed by atoms with Crippen LogP contribution < -0.4 is 15.2 Å². The van der Waals surface area contributed by atoms with Crippen LogP contribution in [0.3, 0.4) is 0 Å². The zero-order valence-corrected chi connectivity index (χ0v) is 15.1. The molecule has 2 heterocycles. The maximum atomic E-state index is 12.2. The lowest BCUT2D eigenvalue weighted by Gasteiger charge is -2.06. The number of ether oxygens (including phenoxy) is 1. The molecule has 0 aliphatic heterocycles. The Bertz CT molecular complexity index is 857. The summed E-state index contributed by atoms with van der Waals surface area (Å²) in [5.74, 6) is 0.807. The number of rotatable bonds is 6. The molecule has 1 aromatic carbocycles. The van der Waals surface area contributed by atoms with Crippen molar-refractivity contribution >= 4 is 33.6 Å². The second-order valence-electron chi connectivity index (χ2n) is 5.43. The minimum Gasteiger partial charge on any atom is -0.486 e. The lowest BCUT2D eigenvalue weighted by Crippen LogP contribution is -2.41. The van der Waals surface area contributed by atoms with E-state index in [2.05, 4.69) is 12.0 Å². The average Bonchev–Trinajstić information content (AvgIpc) is 3.19. The summed E-state index contributed by atoms with van der Waals surface area (Å²) >= 11 is 2.76. The van der Waals surface area contributed by atoms with Gasteiger partial charge in [-0.25, -0.2) is 0 Å². The molecule has 5 nitrogen and oxygen atoms in total. The number of Topliss-reactive ketones (excluding diaryl/α,β-unsaturated/α-hetero) is 1. The Hall–Kier alpha value is -2.25. The summed E-state index contributed by atoms with van der Waals surface area (Å²) in [5.41, 5.74) is 8.38. The van der Waals surface area contributed by atoms with Gasteiger partial charge >= 0.3 is 5.13 Å². The number of thiophene rings is 1. The molecule has 0 aliphatic rings. The molecule has 24 heavy (non-hydrogen) atoms. The molecule has 0 fully saturated rings. The van der Waals surface area contributed by atoms with Crippen molar-refractivity contribution in [2.75, 3.05) is 5.73 Å². The van der Waals surface area contributed by atoms with Gasteiger partial charge in [-0.2, -0.15) is 0 Å². The fourth-order valence-electron chi connectivity index (χ4n) is 2.15. The van der Waals surface area contributed by atoms with E-state index in [4.69, 9.17) is 10.5 Å². The van der Waals surface area contributed by atoms with Gasteiger partial charge in [0.05, 0.1) is 4.88 Å². The van der Waals surface area contributed by atoms with E-state index in [9.17, 15) is 4.79 Å². The van der Waals surface area contributed by atoms with Crippen molar-refractivity contribution in [3.05, 3.63) is 56.7 Å². The smallest absolute Gasteiger partial charge is 0.354 e. The van der Waals surface area contributed by atoms with E-state index in [0.29, 0.717) is 16.6 Å². The molecular weight excluding hydrogens is 342 g/mol. The highest BCUT2D eigenvalue weighted by Gasteiger charge is 2.19. The summed E-state index contributed by atoms with van der Waals surface area (Å²) in [5, 5.41) is 7.50. The molecule has 0 radical (unpaired) electrons. The third-order valence-electron chi connectivity index (χ3n) is 3.64. The molecule has 0 atom stereocenters. The van der Waals surface area contributed by atoms with Crippen LogP contribution in [0.2, 0.25) is 0 Å². The van der Waals surface area contributed by atoms with Gasteiger partial charge in [0, 0.05) is 0 Å². The first-order valence-electron chi connectivity index (χ1n) is 7.45. The van der Waals surface area contributed by atoms with Gasteiger partial charge in [-0.1, -0.05) is 17.2 Å². The Kier molecular flexibility index (Phi) is 4.92. The standard InChI is InChI=1S/C17H17N3O2S2/c1-11-5-6-13(8-12(11)2)22-10-16-19-20(17(18)24-16)9-14(21)15-4-3-7-23-15/h3-8,18H,9-10H2,1-2H3/p+1. The molecule has 0 amide bonds. The molecule has 0 saturated carbocycles. The number of carbonyl (C=O) groups excluding carboxylic acids is 1. The van der Waals surface area contributed by atoms with Crippen LogP contribution in [-0.4, -0.2) is 10.9 Å². The predicted molar refractivity (Wildman–Crippen MR) is 95.6 cm³/mol. The summed E-state index contributed by atoms with van der Waals surface area (Å²) in [6.07, 6.45) is 0. The molecule has 2 N–H and O–H groups in total. The van der Waals surface area contributed by atoms with E-state index >= 15 is 0 Å². The van der Waals surface area contributed by atoms with Crippen LogP contribution in [0.1, 0.15) is 25.8 Å². The van der Waals surface area contributed by atoms with Gasteiger partial charge in [0.2, 0.25) is 5.78 Å². The Morgan fingerprint density at radius 2 is 2.12 bits per heavy atom. The normalized spacial score (nSPS) is 10.8. The van der Waals surface area contributed by atoms with E-state index in [0.717, 1.165) is 10.8 Å². The molecule has 0 bridgehead atoms. The quantitative estimate of drug-likeness (QED) is 0.541. The van der Waals surface area contributed by atoms with Gasteiger partial charge in [0.1, 0.15) is 12.4 Å². The highest BCUT2D eigenvalue weighted by molar-refractivity contribution is 7.14. The van der Waals surface area contributed by atoms with Crippen molar-refractivity contribution in [1.82, 2.24) is 5.10 Å². The summed E-state index contributed by atoms with van der Waals surface area (Å²) in [7, 11) is 0. The molecule has 0 unspecified atom stereocenters. The second-order valence-corrected chi connectivity index (χ2v) is 7.47. The fraction of sp³-hybridized carbons (Fsp3) is 0.235. The first-order chi connectivity index (χ1) is 11.5. The summed E-state index contributed by atoms with van der Waals surface area (Å²) < 4.78 is 7.30. The van der Waals surface area contributed by atoms with Gasteiger partial charge in [-0.05, 0) is 59.9 Å². The van der Waals surface area contributed by atoms with Gasteiger partial charge in [0.25, 0.3) is 0 Å². The van der Waals surface area contributed by atoms with Gasteiger partial charge in [-0.15, -0.1) is 16.0 Å². The minimum atomic E-state index is 0.00799. The van der Waals surface area contributed by atoms with Crippen LogP contribution in [-0.2, 0) is 13.2 Å². The molecule has 7 heteroatoms. The number of anilines is 1. The van der Waals surface area contributed by atoms with E-state index in [-0.39, 0.29) is 12.3 Å². The number of nitrogens with two attached hydrogens (primary N) is 1. The molecule has 124 valence electrons. The largest absolute Gasteiger partial charge is 0.486 e. The van der Waals surface area contributed by atoms with Gasteiger partial charge < -0.3 is 4.74 Å². The molecule has 2 aromatic heterocycles. The van der Waals surface area contributed by atoms with Crippen LogP contribution in [0.4, 0.5) is 5.13 Å². The topological polar surface area (TPSA) is 69.1 Å². The molecule has 3 rings (SSSR count). The van der Waals surface area contributed by atoms with E-state index in [1.165, 1.54) is 38.5 Å². The third kappa shape index (κ3) is 3.80. The molecule has 3 aromatic rings. The van der Waals surface area contributed by atoms with Gasteiger partial charge in [-0.3, -0.25) is 10.5 Å². The van der Waals surface area contributed by atoms with Crippen molar-refractivity contribution in [2.24, 2.45) is 0 Å². The Morgan fingerprint density at radius 3 is 2.83 bits per heavy atom. The monoisotopic (exact) mass is 360 g/mol. The number of ketones is 1. The van der Waals surface area contributed by atoms with Crippen LogP contribution in [0.25, 0.3) is 0 Å². The number of hydrogen-bond acceptors (Lipinski definition) is 6. The summed E-state index contributed by atoms with van der Waals surface area (Å²) in [4.78, 5) is 12.9. The number of aromatic nitrogens is 2. The highest BCUT2D eigenvalue weighted by atomic mass is 32.1. The van der Waals surface area contributed by atoms with Crippen molar-refractivity contribution in [2.45, 2.75) is 27.0 Å².